The summed E-state index contributed by atoms with van der Waals surface area (Å²) in [6.07, 6.45) is 1.65. The second kappa shape index (κ2) is 9.90. The van der Waals surface area contributed by atoms with Crippen molar-refractivity contribution in [3.63, 3.8) is 0 Å². The fourth-order valence-corrected chi connectivity index (χ4v) is 3.27. The molecule has 10 nitrogen and oxygen atoms in total. The number of anilines is 2. The SMILES string of the molecule is CCN(CC)c1ccc(Cn2c(=O)c(OC)nn(-c3cccc(NC(C)=O)c3)c2=O)cn1. The van der Waals surface area contributed by atoms with Gasteiger partial charge < -0.3 is 15.0 Å². The number of benzene rings is 1. The first kappa shape index (κ1) is 22.7. The van der Waals surface area contributed by atoms with E-state index in [1.54, 1.807) is 30.5 Å². The molecule has 2 aromatic heterocycles. The summed E-state index contributed by atoms with van der Waals surface area (Å²) in [6.45, 7) is 7.14. The molecule has 168 valence electrons. The number of nitrogens with zero attached hydrogens (tertiary/aromatic N) is 5. The van der Waals surface area contributed by atoms with Crippen LogP contribution in [0.5, 0.6) is 5.88 Å². The Balaban J connectivity index is 2.03. The Morgan fingerprint density at radius 3 is 2.50 bits per heavy atom. The van der Waals surface area contributed by atoms with Gasteiger partial charge in [-0.05, 0) is 43.7 Å². The Bertz CT molecular complexity index is 1210. The van der Waals surface area contributed by atoms with Crippen LogP contribution in [0.15, 0.2) is 52.2 Å². The fraction of sp³-hybridized carbons (Fsp3) is 0.318. The molecule has 1 amide bonds. The number of carbonyl (C=O) groups excluding carboxylic acids is 1. The van der Waals surface area contributed by atoms with Crippen LogP contribution < -0.4 is 26.2 Å². The number of ether oxygens (including phenoxy) is 1. The van der Waals surface area contributed by atoms with Gasteiger partial charge in [0.05, 0.1) is 19.3 Å². The van der Waals surface area contributed by atoms with E-state index in [1.165, 1.54) is 14.0 Å². The molecule has 0 bridgehead atoms. The molecule has 0 saturated carbocycles. The van der Waals surface area contributed by atoms with Gasteiger partial charge in [0.2, 0.25) is 5.91 Å². The van der Waals surface area contributed by atoms with Crippen LogP contribution in [-0.2, 0) is 11.3 Å². The molecule has 1 aromatic carbocycles. The highest BCUT2D eigenvalue weighted by atomic mass is 16.5. The van der Waals surface area contributed by atoms with E-state index < -0.39 is 11.2 Å². The van der Waals surface area contributed by atoms with E-state index in [1.807, 2.05) is 26.0 Å². The molecule has 2 heterocycles. The Hall–Kier alpha value is -3.95. The summed E-state index contributed by atoms with van der Waals surface area (Å²) in [6, 6.07) is 10.3. The zero-order valence-corrected chi connectivity index (χ0v) is 18.5. The topological polar surface area (TPSA) is 111 Å². The molecular formula is C22H26N6O4. The normalized spacial score (nSPS) is 10.6. The third-order valence-corrected chi connectivity index (χ3v) is 4.87. The van der Waals surface area contributed by atoms with Crippen molar-refractivity contribution in [2.45, 2.75) is 27.3 Å². The van der Waals surface area contributed by atoms with Gasteiger partial charge >= 0.3 is 11.2 Å². The highest BCUT2D eigenvalue weighted by Crippen LogP contribution is 2.14. The molecule has 1 N–H and O–H groups in total. The van der Waals surface area contributed by atoms with E-state index in [2.05, 4.69) is 20.3 Å². The predicted octanol–water partition coefficient (Wildman–Crippen LogP) is 1.65. The maximum atomic E-state index is 13.2. The van der Waals surface area contributed by atoms with E-state index in [-0.39, 0.29) is 18.3 Å². The lowest BCUT2D eigenvalue weighted by molar-refractivity contribution is -0.114. The highest BCUT2D eigenvalue weighted by molar-refractivity contribution is 5.88. The number of nitrogens with one attached hydrogen (secondary N) is 1. The van der Waals surface area contributed by atoms with Gasteiger partial charge in [-0.1, -0.05) is 12.1 Å². The number of amides is 1. The molecule has 3 aromatic rings. The standard InChI is InChI=1S/C22H26N6O4/c1-5-26(6-2)19-11-10-16(13-23-19)14-27-21(30)20(32-4)25-28(22(27)31)18-9-7-8-17(12-18)24-15(3)29/h7-13H,5-6,14H2,1-4H3,(H,24,29). The van der Waals surface area contributed by atoms with Crippen LogP contribution in [0.4, 0.5) is 11.5 Å². The summed E-state index contributed by atoms with van der Waals surface area (Å²) in [4.78, 5) is 43.8. The van der Waals surface area contributed by atoms with Gasteiger partial charge in [0.15, 0.2) is 0 Å². The van der Waals surface area contributed by atoms with Crippen LogP contribution >= 0.6 is 0 Å². The molecule has 32 heavy (non-hydrogen) atoms. The molecule has 0 aliphatic rings. The Morgan fingerprint density at radius 1 is 1.16 bits per heavy atom. The van der Waals surface area contributed by atoms with Crippen LogP contribution in [0.3, 0.4) is 0 Å². The molecule has 0 aliphatic heterocycles. The zero-order valence-electron chi connectivity index (χ0n) is 18.5. The molecule has 0 atom stereocenters. The minimum Gasteiger partial charge on any atom is -0.476 e. The van der Waals surface area contributed by atoms with Gasteiger partial charge in [0, 0.05) is 31.9 Å². The average Bonchev–Trinajstić information content (AvgIpc) is 2.78. The van der Waals surface area contributed by atoms with Gasteiger partial charge in [-0.2, -0.15) is 4.68 Å². The van der Waals surface area contributed by atoms with E-state index in [0.717, 1.165) is 28.2 Å². The van der Waals surface area contributed by atoms with Gasteiger partial charge in [-0.25, -0.2) is 14.3 Å². The molecule has 0 aliphatic carbocycles. The van der Waals surface area contributed by atoms with Crippen molar-refractivity contribution >= 4 is 17.4 Å². The molecule has 3 rings (SSSR count). The maximum absolute atomic E-state index is 13.2. The average molecular weight is 438 g/mol. The molecule has 0 fully saturated rings. The quantitative estimate of drug-likeness (QED) is 0.569. The van der Waals surface area contributed by atoms with Crippen molar-refractivity contribution in [2.75, 3.05) is 30.4 Å². The monoisotopic (exact) mass is 438 g/mol. The van der Waals surface area contributed by atoms with Crippen molar-refractivity contribution < 1.29 is 9.53 Å². The minimum absolute atomic E-state index is 0.00740. The summed E-state index contributed by atoms with van der Waals surface area (Å²) in [5.41, 5.74) is 0.287. The third kappa shape index (κ3) is 4.85. The van der Waals surface area contributed by atoms with Gasteiger partial charge in [0.25, 0.3) is 5.88 Å². The van der Waals surface area contributed by atoms with Crippen molar-refractivity contribution in [3.8, 4) is 11.6 Å². The lowest BCUT2D eigenvalue weighted by Crippen LogP contribution is -2.41. The van der Waals surface area contributed by atoms with Gasteiger partial charge in [0.1, 0.15) is 5.82 Å². The first-order chi connectivity index (χ1) is 15.4. The summed E-state index contributed by atoms with van der Waals surface area (Å²) >= 11 is 0. The van der Waals surface area contributed by atoms with E-state index >= 15 is 0 Å². The second-order valence-corrected chi connectivity index (χ2v) is 7.02. The Morgan fingerprint density at radius 2 is 1.91 bits per heavy atom. The number of carbonyl (C=O) groups is 1. The number of aromatic nitrogens is 4. The Kier molecular flexibility index (Phi) is 7.04. The largest absolute Gasteiger partial charge is 0.476 e. The van der Waals surface area contributed by atoms with Crippen LogP contribution in [0.2, 0.25) is 0 Å². The van der Waals surface area contributed by atoms with Crippen molar-refractivity contribution in [3.05, 3.63) is 69.0 Å². The minimum atomic E-state index is -0.639. The van der Waals surface area contributed by atoms with Crippen molar-refractivity contribution in [1.29, 1.82) is 0 Å². The third-order valence-electron chi connectivity index (χ3n) is 4.87. The van der Waals surface area contributed by atoms with Crippen molar-refractivity contribution in [1.82, 2.24) is 19.3 Å². The lowest BCUT2D eigenvalue weighted by atomic mass is 10.2. The lowest BCUT2D eigenvalue weighted by Gasteiger charge is -2.19. The van der Waals surface area contributed by atoms with E-state index in [9.17, 15) is 14.4 Å². The maximum Gasteiger partial charge on any atom is 0.352 e. The van der Waals surface area contributed by atoms with Crippen LogP contribution in [0.1, 0.15) is 26.3 Å². The van der Waals surface area contributed by atoms with Crippen LogP contribution in [0, 0.1) is 0 Å². The summed E-state index contributed by atoms with van der Waals surface area (Å²) in [7, 11) is 1.32. The first-order valence-electron chi connectivity index (χ1n) is 10.2. The number of hydrogen-bond acceptors (Lipinski definition) is 7. The highest BCUT2D eigenvalue weighted by Gasteiger charge is 2.16. The zero-order chi connectivity index (χ0) is 23.3. The number of pyridine rings is 1. The second-order valence-electron chi connectivity index (χ2n) is 7.02. The van der Waals surface area contributed by atoms with E-state index in [0.29, 0.717) is 16.9 Å². The number of rotatable bonds is 8. The molecule has 0 unspecified atom stereocenters. The smallest absolute Gasteiger partial charge is 0.352 e. The van der Waals surface area contributed by atoms with Crippen LogP contribution in [-0.4, -0.2) is 45.4 Å². The molecule has 0 saturated heterocycles. The Labute approximate surface area is 185 Å². The van der Waals surface area contributed by atoms with Crippen molar-refractivity contribution in [2.24, 2.45) is 0 Å². The molecule has 0 radical (unpaired) electrons. The molecular weight excluding hydrogens is 412 g/mol. The van der Waals surface area contributed by atoms with Crippen LogP contribution in [0.25, 0.3) is 5.69 Å². The van der Waals surface area contributed by atoms with E-state index in [4.69, 9.17) is 4.74 Å². The molecule has 0 spiro atoms. The van der Waals surface area contributed by atoms with Gasteiger partial charge in [-0.15, -0.1) is 5.10 Å². The summed E-state index contributed by atoms with van der Waals surface area (Å²) in [5, 5.41) is 6.71. The summed E-state index contributed by atoms with van der Waals surface area (Å²) < 4.78 is 7.24. The van der Waals surface area contributed by atoms with Gasteiger partial charge in [-0.3, -0.25) is 9.59 Å². The first-order valence-corrected chi connectivity index (χ1v) is 10.2. The fourth-order valence-electron chi connectivity index (χ4n) is 3.27. The molecule has 10 heteroatoms. The number of methoxy groups -OCH3 is 1. The predicted molar refractivity (Wildman–Crippen MR) is 122 cm³/mol. The summed E-state index contributed by atoms with van der Waals surface area (Å²) in [5.74, 6) is 0.360. The number of hydrogen-bond donors (Lipinski definition) is 1.